The molecule has 0 aliphatic carbocycles. The topological polar surface area (TPSA) is 78.6 Å². The van der Waals surface area contributed by atoms with Crippen molar-refractivity contribution in [2.75, 3.05) is 20.0 Å². The van der Waals surface area contributed by atoms with Gasteiger partial charge < -0.3 is 15.2 Å². The molecule has 5 nitrogen and oxygen atoms in total. The monoisotopic (exact) mass is 301 g/mol. The van der Waals surface area contributed by atoms with Gasteiger partial charge in [0.2, 0.25) is 0 Å². The van der Waals surface area contributed by atoms with Gasteiger partial charge in [-0.2, -0.15) is 0 Å². The predicted octanol–water partition coefficient (Wildman–Crippen LogP) is 1.78. The highest BCUT2D eigenvalue weighted by Crippen LogP contribution is 2.33. The minimum atomic E-state index is -3.37. The van der Waals surface area contributed by atoms with Crippen LogP contribution in [-0.4, -0.2) is 34.4 Å². The van der Waals surface area contributed by atoms with Crippen molar-refractivity contribution >= 4 is 9.84 Å². The van der Waals surface area contributed by atoms with Gasteiger partial charge in [-0.1, -0.05) is 6.92 Å². The van der Waals surface area contributed by atoms with Gasteiger partial charge in [-0.05, 0) is 31.4 Å². The van der Waals surface area contributed by atoms with E-state index in [9.17, 15) is 8.42 Å². The van der Waals surface area contributed by atoms with Crippen molar-refractivity contribution in [3.05, 3.63) is 17.7 Å². The molecule has 0 amide bonds. The SMILES string of the molecule is CCOc1cc(S(C)(=O)=O)c(OC)cc1CC(N)CC. The van der Waals surface area contributed by atoms with Gasteiger partial charge in [0.15, 0.2) is 9.84 Å². The summed E-state index contributed by atoms with van der Waals surface area (Å²) in [7, 11) is -1.92. The molecule has 1 atom stereocenters. The number of sulfone groups is 1. The summed E-state index contributed by atoms with van der Waals surface area (Å²) in [5, 5.41) is 0. The molecule has 0 aliphatic heterocycles. The molecule has 0 saturated carbocycles. The zero-order chi connectivity index (χ0) is 15.3. The molecule has 2 N–H and O–H groups in total. The standard InChI is InChI=1S/C14H23NO4S/c1-5-11(15)7-10-8-13(18-3)14(20(4,16)17)9-12(10)19-6-2/h8-9,11H,5-7,15H2,1-4H3. The molecular weight excluding hydrogens is 278 g/mol. The van der Waals surface area contributed by atoms with Crippen LogP contribution in [0.15, 0.2) is 17.0 Å². The van der Waals surface area contributed by atoms with Gasteiger partial charge in [0, 0.05) is 18.4 Å². The van der Waals surface area contributed by atoms with Crippen molar-refractivity contribution in [2.45, 2.75) is 37.6 Å². The third-order valence-electron chi connectivity index (χ3n) is 3.05. The van der Waals surface area contributed by atoms with Gasteiger partial charge in [0.25, 0.3) is 0 Å². The second kappa shape index (κ2) is 6.95. The third-order valence-corrected chi connectivity index (χ3v) is 4.17. The van der Waals surface area contributed by atoms with Crippen LogP contribution in [0.5, 0.6) is 11.5 Å². The maximum atomic E-state index is 11.8. The number of nitrogens with two attached hydrogens (primary N) is 1. The Kier molecular flexibility index (Phi) is 5.83. The highest BCUT2D eigenvalue weighted by molar-refractivity contribution is 7.90. The fourth-order valence-electron chi connectivity index (χ4n) is 1.91. The largest absolute Gasteiger partial charge is 0.495 e. The summed E-state index contributed by atoms with van der Waals surface area (Å²) in [6, 6.07) is 3.23. The average molecular weight is 301 g/mol. The molecule has 0 aromatic heterocycles. The van der Waals surface area contributed by atoms with Crippen molar-refractivity contribution in [2.24, 2.45) is 5.73 Å². The molecule has 1 aromatic carbocycles. The van der Waals surface area contributed by atoms with E-state index in [4.69, 9.17) is 15.2 Å². The molecule has 1 aromatic rings. The first-order valence-electron chi connectivity index (χ1n) is 6.62. The van der Waals surface area contributed by atoms with Crippen LogP contribution >= 0.6 is 0 Å². The molecule has 0 radical (unpaired) electrons. The van der Waals surface area contributed by atoms with Crippen LogP contribution < -0.4 is 15.2 Å². The minimum absolute atomic E-state index is 0.00277. The quantitative estimate of drug-likeness (QED) is 0.830. The zero-order valence-corrected chi connectivity index (χ0v) is 13.3. The lowest BCUT2D eigenvalue weighted by Crippen LogP contribution is -2.22. The Balaban J connectivity index is 3.37. The van der Waals surface area contributed by atoms with E-state index >= 15 is 0 Å². The molecule has 0 bridgehead atoms. The maximum Gasteiger partial charge on any atom is 0.179 e. The van der Waals surface area contributed by atoms with Crippen molar-refractivity contribution in [1.82, 2.24) is 0 Å². The fraction of sp³-hybridized carbons (Fsp3) is 0.571. The highest BCUT2D eigenvalue weighted by atomic mass is 32.2. The predicted molar refractivity (Wildman–Crippen MR) is 79.2 cm³/mol. The van der Waals surface area contributed by atoms with Crippen molar-refractivity contribution < 1.29 is 17.9 Å². The number of ether oxygens (including phenoxy) is 2. The molecular formula is C14H23NO4S. The zero-order valence-electron chi connectivity index (χ0n) is 12.5. The van der Waals surface area contributed by atoms with Crippen LogP contribution in [0, 0.1) is 0 Å². The van der Waals surface area contributed by atoms with E-state index in [1.807, 2.05) is 13.8 Å². The van der Waals surface area contributed by atoms with Gasteiger partial charge in [-0.15, -0.1) is 0 Å². The molecule has 114 valence electrons. The van der Waals surface area contributed by atoms with E-state index in [0.29, 0.717) is 24.5 Å². The number of hydrogen-bond acceptors (Lipinski definition) is 5. The van der Waals surface area contributed by atoms with Gasteiger partial charge in [-0.3, -0.25) is 0 Å². The maximum absolute atomic E-state index is 11.8. The molecule has 6 heteroatoms. The van der Waals surface area contributed by atoms with Gasteiger partial charge >= 0.3 is 0 Å². The van der Waals surface area contributed by atoms with Gasteiger partial charge in [0.1, 0.15) is 16.4 Å². The first kappa shape index (κ1) is 16.8. The average Bonchev–Trinajstić information content (AvgIpc) is 2.38. The number of rotatable bonds is 7. The summed E-state index contributed by atoms with van der Waals surface area (Å²) in [6.45, 7) is 4.32. The lowest BCUT2D eigenvalue weighted by Gasteiger charge is -2.17. The van der Waals surface area contributed by atoms with E-state index in [1.165, 1.54) is 13.2 Å². The second-order valence-electron chi connectivity index (χ2n) is 4.69. The Hall–Kier alpha value is -1.27. The van der Waals surface area contributed by atoms with Crippen molar-refractivity contribution in [3.63, 3.8) is 0 Å². The third kappa shape index (κ3) is 4.11. The van der Waals surface area contributed by atoms with E-state index in [0.717, 1.165) is 18.2 Å². The molecule has 1 unspecified atom stereocenters. The van der Waals surface area contributed by atoms with Crippen LogP contribution in [0.3, 0.4) is 0 Å². The second-order valence-corrected chi connectivity index (χ2v) is 6.67. The van der Waals surface area contributed by atoms with Gasteiger partial charge in [0.05, 0.1) is 13.7 Å². The van der Waals surface area contributed by atoms with E-state index in [-0.39, 0.29) is 10.9 Å². The molecule has 0 fully saturated rings. The van der Waals surface area contributed by atoms with Crippen molar-refractivity contribution in [1.29, 1.82) is 0 Å². The van der Waals surface area contributed by atoms with Crippen LogP contribution in [-0.2, 0) is 16.3 Å². The lowest BCUT2D eigenvalue weighted by atomic mass is 10.0. The Morgan fingerprint density at radius 1 is 1.25 bits per heavy atom. The first-order chi connectivity index (χ1) is 9.33. The highest BCUT2D eigenvalue weighted by Gasteiger charge is 2.19. The van der Waals surface area contributed by atoms with Crippen LogP contribution in [0.2, 0.25) is 0 Å². The number of benzene rings is 1. The molecule has 0 saturated heterocycles. The Morgan fingerprint density at radius 2 is 1.90 bits per heavy atom. The molecule has 0 aliphatic rings. The summed E-state index contributed by atoms with van der Waals surface area (Å²) in [5.41, 5.74) is 6.84. The smallest absolute Gasteiger partial charge is 0.179 e. The molecule has 0 spiro atoms. The van der Waals surface area contributed by atoms with E-state index in [2.05, 4.69) is 0 Å². The first-order valence-corrected chi connectivity index (χ1v) is 8.51. The minimum Gasteiger partial charge on any atom is -0.495 e. The van der Waals surface area contributed by atoms with Crippen LogP contribution in [0.1, 0.15) is 25.8 Å². The summed E-state index contributed by atoms with van der Waals surface area (Å²) in [4.78, 5) is 0.136. The van der Waals surface area contributed by atoms with Gasteiger partial charge in [-0.25, -0.2) is 8.42 Å². The summed E-state index contributed by atoms with van der Waals surface area (Å²) < 4.78 is 34.3. The Bertz CT molecular complexity index is 555. The summed E-state index contributed by atoms with van der Waals surface area (Å²) in [5.74, 6) is 0.881. The molecule has 20 heavy (non-hydrogen) atoms. The Morgan fingerprint density at radius 3 is 2.35 bits per heavy atom. The van der Waals surface area contributed by atoms with Crippen LogP contribution in [0.4, 0.5) is 0 Å². The summed E-state index contributed by atoms with van der Waals surface area (Å²) >= 11 is 0. The normalized spacial score (nSPS) is 13.1. The summed E-state index contributed by atoms with van der Waals surface area (Å²) in [6.07, 6.45) is 2.60. The molecule has 1 rings (SSSR count). The molecule has 0 heterocycles. The van der Waals surface area contributed by atoms with Crippen LogP contribution in [0.25, 0.3) is 0 Å². The lowest BCUT2D eigenvalue weighted by molar-refractivity contribution is 0.331. The number of hydrogen-bond donors (Lipinski definition) is 1. The fourth-order valence-corrected chi connectivity index (χ4v) is 2.74. The Labute approximate surface area is 121 Å². The number of methoxy groups -OCH3 is 1. The van der Waals surface area contributed by atoms with E-state index < -0.39 is 9.84 Å². The van der Waals surface area contributed by atoms with E-state index in [1.54, 1.807) is 6.07 Å². The van der Waals surface area contributed by atoms with Crippen molar-refractivity contribution in [3.8, 4) is 11.5 Å².